The van der Waals surface area contributed by atoms with Crippen LogP contribution in [0.5, 0.6) is 5.75 Å². The van der Waals surface area contributed by atoms with Crippen LogP contribution < -0.4 is 15.8 Å². The number of nitrogens with one attached hydrogen (secondary N) is 1. The number of amides is 1. The van der Waals surface area contributed by atoms with E-state index in [1.807, 2.05) is 7.05 Å². The second-order valence-corrected chi connectivity index (χ2v) is 7.68. The summed E-state index contributed by atoms with van der Waals surface area (Å²) in [5, 5.41) is 12.0. The fraction of sp³-hybridized carbons (Fsp3) is 0.304. The third kappa shape index (κ3) is 3.92. The summed E-state index contributed by atoms with van der Waals surface area (Å²) in [5.41, 5.74) is 9.51. The fourth-order valence-electron chi connectivity index (χ4n) is 4.08. The van der Waals surface area contributed by atoms with Crippen LogP contribution in [-0.4, -0.2) is 52.3 Å². The Morgan fingerprint density at radius 1 is 1.28 bits per heavy atom. The Bertz CT molecular complexity index is 1160. The van der Waals surface area contributed by atoms with Gasteiger partial charge < -0.3 is 25.5 Å². The second-order valence-electron chi connectivity index (χ2n) is 7.68. The van der Waals surface area contributed by atoms with Gasteiger partial charge in [0.15, 0.2) is 17.4 Å². The molecule has 0 radical (unpaired) electrons. The number of aliphatic hydroxyl groups is 1. The summed E-state index contributed by atoms with van der Waals surface area (Å²) in [5.74, 6) is -0.525. The van der Waals surface area contributed by atoms with Gasteiger partial charge in [-0.2, -0.15) is 0 Å². The standard InChI is InChI=1S/C23H26FN5O3/c1-28-18-9-10-29(11-12-30)13-17(18)26-22(28)23(31)27-16-7-3-6-15(21(16)25)14-5-4-8-19(32-2)20(14)24/h3-8,30H,9-13,25H2,1-2H3,(H,27,31). The number of ether oxygens (including phenoxy) is 1. The zero-order valence-electron chi connectivity index (χ0n) is 18.1. The summed E-state index contributed by atoms with van der Waals surface area (Å²) in [7, 11) is 3.21. The van der Waals surface area contributed by atoms with Crippen molar-refractivity contribution in [3.05, 3.63) is 59.4 Å². The van der Waals surface area contributed by atoms with Crippen LogP contribution in [0.4, 0.5) is 15.8 Å². The highest BCUT2D eigenvalue weighted by atomic mass is 19.1. The van der Waals surface area contributed by atoms with Gasteiger partial charge in [0.2, 0.25) is 0 Å². The van der Waals surface area contributed by atoms with Crippen molar-refractivity contribution in [1.29, 1.82) is 0 Å². The number of aliphatic hydroxyl groups excluding tert-OH is 1. The van der Waals surface area contributed by atoms with E-state index < -0.39 is 11.7 Å². The van der Waals surface area contributed by atoms with E-state index in [4.69, 9.17) is 10.5 Å². The summed E-state index contributed by atoms with van der Waals surface area (Å²) in [6.07, 6.45) is 0.749. The molecule has 4 rings (SSSR count). The molecule has 0 unspecified atom stereocenters. The first kappa shape index (κ1) is 21.8. The number of anilines is 2. The summed E-state index contributed by atoms with van der Waals surface area (Å²) >= 11 is 0. The van der Waals surface area contributed by atoms with E-state index in [1.165, 1.54) is 13.2 Å². The number of fused-ring (bicyclic) bond motifs is 1. The Kier molecular flexibility index (Phi) is 6.11. The van der Waals surface area contributed by atoms with Crippen molar-refractivity contribution in [1.82, 2.24) is 14.5 Å². The average molecular weight is 439 g/mol. The number of nitrogens with two attached hydrogens (primary N) is 1. The van der Waals surface area contributed by atoms with E-state index in [9.17, 15) is 14.3 Å². The quantitative estimate of drug-likeness (QED) is 0.510. The van der Waals surface area contributed by atoms with Crippen molar-refractivity contribution in [2.45, 2.75) is 13.0 Å². The summed E-state index contributed by atoms with van der Waals surface area (Å²) in [6, 6.07) is 9.89. The second kappa shape index (κ2) is 8.97. The van der Waals surface area contributed by atoms with Crippen LogP contribution in [0.1, 0.15) is 22.0 Å². The molecule has 32 heavy (non-hydrogen) atoms. The van der Waals surface area contributed by atoms with Crippen LogP contribution in [0.3, 0.4) is 0 Å². The molecule has 0 saturated heterocycles. The molecule has 0 bridgehead atoms. The SMILES string of the molecule is COc1cccc(-c2cccc(NC(=O)c3nc4c(n3C)CCN(CCO)C4)c2N)c1F. The zero-order chi connectivity index (χ0) is 22.8. The Balaban J connectivity index is 1.61. The van der Waals surface area contributed by atoms with E-state index in [2.05, 4.69) is 15.2 Å². The highest BCUT2D eigenvalue weighted by molar-refractivity contribution is 6.05. The van der Waals surface area contributed by atoms with Gasteiger partial charge in [-0.15, -0.1) is 0 Å². The predicted molar refractivity (Wildman–Crippen MR) is 120 cm³/mol. The van der Waals surface area contributed by atoms with Gasteiger partial charge in [0.1, 0.15) is 0 Å². The molecule has 0 saturated carbocycles. The van der Waals surface area contributed by atoms with Gasteiger partial charge in [-0.05, 0) is 12.1 Å². The van der Waals surface area contributed by atoms with Crippen LogP contribution in [-0.2, 0) is 20.0 Å². The number of carbonyl (C=O) groups excluding carboxylic acids is 1. The van der Waals surface area contributed by atoms with Crippen molar-refractivity contribution >= 4 is 17.3 Å². The topological polar surface area (TPSA) is 106 Å². The zero-order valence-corrected chi connectivity index (χ0v) is 18.1. The van der Waals surface area contributed by atoms with Gasteiger partial charge in [-0.25, -0.2) is 9.37 Å². The number of nitrogen functional groups attached to an aromatic ring is 1. The summed E-state index contributed by atoms with van der Waals surface area (Å²) < 4.78 is 21.6. The molecule has 1 aromatic heterocycles. The minimum Gasteiger partial charge on any atom is -0.494 e. The molecule has 1 aliphatic heterocycles. The lowest BCUT2D eigenvalue weighted by atomic mass is 10.0. The molecular formula is C23H26FN5O3. The van der Waals surface area contributed by atoms with Crippen molar-refractivity contribution in [3.8, 4) is 16.9 Å². The summed E-state index contributed by atoms with van der Waals surface area (Å²) in [4.78, 5) is 19.7. The van der Waals surface area contributed by atoms with Crippen LogP contribution in [0.25, 0.3) is 11.1 Å². The number of halogens is 1. The molecule has 0 spiro atoms. The minimum atomic E-state index is -0.519. The Morgan fingerprint density at radius 3 is 2.78 bits per heavy atom. The van der Waals surface area contributed by atoms with Crippen LogP contribution in [0, 0.1) is 5.82 Å². The number of imidazole rings is 1. The molecule has 9 heteroatoms. The molecule has 4 N–H and O–H groups in total. The van der Waals surface area contributed by atoms with Crippen molar-refractivity contribution in [2.24, 2.45) is 7.05 Å². The number of β-amino-alcohol motifs (C(OH)–C–C–N with tert-alkyl or cyclic N) is 1. The molecule has 0 atom stereocenters. The first-order valence-corrected chi connectivity index (χ1v) is 10.3. The number of rotatable bonds is 6. The number of methoxy groups -OCH3 is 1. The Morgan fingerprint density at radius 2 is 2.03 bits per heavy atom. The molecule has 0 aliphatic carbocycles. The van der Waals surface area contributed by atoms with E-state index in [1.54, 1.807) is 34.9 Å². The monoisotopic (exact) mass is 439 g/mol. The molecule has 168 valence electrons. The molecule has 2 aromatic carbocycles. The number of benzene rings is 2. The molecule has 0 fully saturated rings. The first-order chi connectivity index (χ1) is 15.4. The maximum atomic E-state index is 14.8. The van der Waals surface area contributed by atoms with Gasteiger partial charge >= 0.3 is 0 Å². The number of para-hydroxylation sites is 1. The lowest BCUT2D eigenvalue weighted by Gasteiger charge is -2.25. The summed E-state index contributed by atoms with van der Waals surface area (Å²) in [6.45, 7) is 2.04. The number of nitrogens with zero attached hydrogens (tertiary/aromatic N) is 3. The Hall–Kier alpha value is -3.43. The van der Waals surface area contributed by atoms with Crippen molar-refractivity contribution < 1.29 is 19.0 Å². The van der Waals surface area contributed by atoms with Crippen molar-refractivity contribution in [2.75, 3.05) is 37.9 Å². The smallest absolute Gasteiger partial charge is 0.291 e. The lowest BCUT2D eigenvalue weighted by molar-refractivity contribution is 0.101. The average Bonchev–Trinajstić information content (AvgIpc) is 3.12. The molecular weight excluding hydrogens is 413 g/mol. The lowest BCUT2D eigenvalue weighted by Crippen LogP contribution is -2.33. The molecule has 2 heterocycles. The van der Waals surface area contributed by atoms with Gasteiger partial charge in [0, 0.05) is 49.9 Å². The van der Waals surface area contributed by atoms with Gasteiger partial charge in [0.05, 0.1) is 30.8 Å². The molecule has 1 aliphatic rings. The fourth-order valence-corrected chi connectivity index (χ4v) is 4.08. The molecule has 1 amide bonds. The van der Waals surface area contributed by atoms with Gasteiger partial charge in [-0.3, -0.25) is 9.69 Å². The maximum Gasteiger partial charge on any atom is 0.291 e. The predicted octanol–water partition coefficient (Wildman–Crippen LogP) is 2.42. The van der Waals surface area contributed by atoms with E-state index in [0.717, 1.165) is 24.4 Å². The normalized spacial score (nSPS) is 13.6. The van der Waals surface area contributed by atoms with Crippen molar-refractivity contribution in [3.63, 3.8) is 0 Å². The molecule has 8 nitrogen and oxygen atoms in total. The minimum absolute atomic E-state index is 0.0824. The van der Waals surface area contributed by atoms with E-state index >= 15 is 0 Å². The molecule has 3 aromatic rings. The number of carbonyl (C=O) groups is 1. The Labute approximate surface area is 185 Å². The third-order valence-electron chi connectivity index (χ3n) is 5.78. The van der Waals surface area contributed by atoms with E-state index in [-0.39, 0.29) is 29.4 Å². The van der Waals surface area contributed by atoms with Gasteiger partial charge in [0.25, 0.3) is 5.91 Å². The number of aromatic nitrogens is 2. The van der Waals surface area contributed by atoms with Crippen LogP contribution in [0.15, 0.2) is 36.4 Å². The number of hydrogen-bond acceptors (Lipinski definition) is 6. The van der Waals surface area contributed by atoms with E-state index in [0.29, 0.717) is 24.3 Å². The first-order valence-electron chi connectivity index (χ1n) is 10.3. The third-order valence-corrected chi connectivity index (χ3v) is 5.78. The van der Waals surface area contributed by atoms with Crippen LogP contribution >= 0.6 is 0 Å². The van der Waals surface area contributed by atoms with Crippen LogP contribution in [0.2, 0.25) is 0 Å². The number of hydrogen-bond donors (Lipinski definition) is 3. The highest BCUT2D eigenvalue weighted by Crippen LogP contribution is 2.36. The van der Waals surface area contributed by atoms with Gasteiger partial charge in [-0.1, -0.05) is 24.3 Å². The maximum absolute atomic E-state index is 14.8. The highest BCUT2D eigenvalue weighted by Gasteiger charge is 2.25. The largest absolute Gasteiger partial charge is 0.494 e.